The van der Waals surface area contributed by atoms with Crippen molar-refractivity contribution in [2.75, 3.05) is 5.32 Å². The van der Waals surface area contributed by atoms with E-state index >= 15 is 0 Å². The van der Waals surface area contributed by atoms with Crippen molar-refractivity contribution < 1.29 is 19.1 Å². The third-order valence-corrected chi connectivity index (χ3v) is 2.61. The lowest BCUT2D eigenvalue weighted by atomic mass is 10.0. The second kappa shape index (κ2) is 4.87. The Balaban J connectivity index is 2.07. The zero-order valence-electron chi connectivity index (χ0n) is 9.51. The molecule has 0 aliphatic carbocycles. The molecule has 0 saturated carbocycles. The highest BCUT2D eigenvalue weighted by atomic mass is 16.6. The van der Waals surface area contributed by atoms with Gasteiger partial charge < -0.3 is 15.8 Å². The second-order valence-electron chi connectivity index (χ2n) is 3.95. The molecule has 6 heteroatoms. The molecular formula is C12H12N2O4. The highest BCUT2D eigenvalue weighted by molar-refractivity contribution is 6.01. The molecule has 18 heavy (non-hydrogen) atoms. The number of nitrogens with two attached hydrogens (primary N) is 1. The minimum Gasteiger partial charge on any atom is -0.454 e. The molecule has 0 bridgehead atoms. The molecule has 94 valence electrons. The molecule has 6 nitrogen and oxygen atoms in total. The van der Waals surface area contributed by atoms with Gasteiger partial charge in [-0.2, -0.15) is 0 Å². The molecule has 1 atom stereocenters. The van der Waals surface area contributed by atoms with Crippen LogP contribution in [0.3, 0.4) is 0 Å². The number of cyclic esters (lactones) is 1. The van der Waals surface area contributed by atoms with E-state index in [4.69, 9.17) is 10.5 Å². The molecule has 1 unspecified atom stereocenters. The molecule has 1 heterocycles. The maximum atomic E-state index is 11.9. The highest BCUT2D eigenvalue weighted by Gasteiger charge is 2.30. The van der Waals surface area contributed by atoms with Crippen molar-refractivity contribution in [3.8, 4) is 0 Å². The zero-order chi connectivity index (χ0) is 13.1. The lowest BCUT2D eigenvalue weighted by Crippen LogP contribution is -2.21. The summed E-state index contributed by atoms with van der Waals surface area (Å²) in [7, 11) is 0. The molecule has 2 rings (SSSR count). The first kappa shape index (κ1) is 12.1. The van der Waals surface area contributed by atoms with Crippen LogP contribution in [0.2, 0.25) is 0 Å². The monoisotopic (exact) mass is 248 g/mol. The number of hydrogen-bond donors (Lipinski definition) is 2. The summed E-state index contributed by atoms with van der Waals surface area (Å²) in [6.07, 6.45) is 0.00360. The van der Waals surface area contributed by atoms with Crippen molar-refractivity contribution in [3.05, 3.63) is 29.8 Å². The third-order valence-electron chi connectivity index (χ3n) is 2.61. The predicted octanol–water partition coefficient (Wildman–Crippen LogP) is 1.07. The normalized spacial score (nSPS) is 18.2. The number of ether oxygens (including phenoxy) is 1. The molecule has 1 saturated heterocycles. The number of benzene rings is 1. The number of primary amides is 1. The molecule has 1 aliphatic heterocycles. The Morgan fingerprint density at radius 3 is 2.44 bits per heavy atom. The quantitative estimate of drug-likeness (QED) is 0.617. The summed E-state index contributed by atoms with van der Waals surface area (Å²) in [6.45, 7) is 0. The summed E-state index contributed by atoms with van der Waals surface area (Å²) in [5.74, 6) is -0.577. The number of hydrogen-bond acceptors (Lipinski definition) is 4. The minimum atomic E-state index is -0.688. The summed E-state index contributed by atoms with van der Waals surface area (Å²) in [5.41, 5.74) is 5.90. The highest BCUT2D eigenvalue weighted by Crippen LogP contribution is 2.19. The molecule has 1 aromatic rings. The summed E-state index contributed by atoms with van der Waals surface area (Å²) < 4.78 is 4.89. The van der Waals surface area contributed by atoms with Crippen molar-refractivity contribution >= 4 is 23.5 Å². The molecule has 1 aromatic carbocycles. The van der Waals surface area contributed by atoms with Crippen LogP contribution in [0.4, 0.5) is 10.5 Å². The molecule has 1 fully saturated rings. The summed E-state index contributed by atoms with van der Waals surface area (Å²) >= 11 is 0. The Bertz CT molecular complexity index is 495. The van der Waals surface area contributed by atoms with E-state index in [0.29, 0.717) is 17.7 Å². The first-order chi connectivity index (χ1) is 8.56. The van der Waals surface area contributed by atoms with Gasteiger partial charge in [-0.15, -0.1) is 0 Å². The van der Waals surface area contributed by atoms with Crippen molar-refractivity contribution in [1.82, 2.24) is 0 Å². The van der Waals surface area contributed by atoms with E-state index in [9.17, 15) is 14.4 Å². The topological polar surface area (TPSA) is 98.5 Å². The van der Waals surface area contributed by atoms with Gasteiger partial charge in [0.25, 0.3) is 0 Å². The number of carbonyl (C=O) groups excluding carboxylic acids is 3. The van der Waals surface area contributed by atoms with Crippen LogP contribution >= 0.6 is 0 Å². The van der Waals surface area contributed by atoms with E-state index in [1.807, 2.05) is 0 Å². The maximum Gasteiger partial charge on any atom is 0.316 e. The maximum absolute atomic E-state index is 11.9. The van der Waals surface area contributed by atoms with E-state index in [-0.39, 0.29) is 18.2 Å². The molecule has 1 aliphatic rings. The van der Waals surface area contributed by atoms with Crippen LogP contribution in [-0.2, 0) is 9.53 Å². The van der Waals surface area contributed by atoms with Crippen LogP contribution in [-0.4, -0.2) is 23.9 Å². The third kappa shape index (κ3) is 2.65. The lowest BCUT2D eigenvalue weighted by molar-refractivity contribution is -0.140. The summed E-state index contributed by atoms with van der Waals surface area (Å²) in [6, 6.07) is 5.57. The van der Waals surface area contributed by atoms with Gasteiger partial charge in [-0.25, -0.2) is 4.79 Å². The fourth-order valence-corrected chi connectivity index (χ4v) is 1.76. The van der Waals surface area contributed by atoms with Gasteiger partial charge in [0.1, 0.15) is 0 Å². The molecule has 2 amide bonds. The van der Waals surface area contributed by atoms with Gasteiger partial charge in [-0.3, -0.25) is 9.59 Å². The Labute approximate surface area is 103 Å². The molecular weight excluding hydrogens is 236 g/mol. The SMILES string of the molecule is NC(=O)Nc1ccc(C(=O)C2CCC(=O)O2)cc1. The second-order valence-corrected chi connectivity index (χ2v) is 3.95. The predicted molar refractivity (Wildman–Crippen MR) is 63.1 cm³/mol. The van der Waals surface area contributed by atoms with E-state index < -0.39 is 12.1 Å². The number of nitrogens with one attached hydrogen (secondary N) is 1. The van der Waals surface area contributed by atoms with Gasteiger partial charge in [-0.1, -0.05) is 0 Å². The Hall–Kier alpha value is -2.37. The van der Waals surface area contributed by atoms with Crippen LogP contribution in [0, 0.1) is 0 Å². The summed E-state index contributed by atoms with van der Waals surface area (Å²) in [4.78, 5) is 33.5. The van der Waals surface area contributed by atoms with Gasteiger partial charge in [0.15, 0.2) is 6.10 Å². The number of amides is 2. The van der Waals surface area contributed by atoms with E-state index in [1.54, 1.807) is 24.3 Å². The number of urea groups is 1. The fraction of sp³-hybridized carbons (Fsp3) is 0.250. The lowest BCUT2D eigenvalue weighted by Gasteiger charge is -2.08. The Morgan fingerprint density at radius 1 is 1.28 bits per heavy atom. The smallest absolute Gasteiger partial charge is 0.316 e. The van der Waals surface area contributed by atoms with Crippen LogP contribution in [0.15, 0.2) is 24.3 Å². The zero-order valence-corrected chi connectivity index (χ0v) is 9.51. The van der Waals surface area contributed by atoms with Gasteiger partial charge in [0.05, 0.1) is 0 Å². The van der Waals surface area contributed by atoms with Crippen LogP contribution in [0.1, 0.15) is 23.2 Å². The van der Waals surface area contributed by atoms with Crippen molar-refractivity contribution in [2.45, 2.75) is 18.9 Å². The molecule has 0 spiro atoms. The molecule has 0 radical (unpaired) electrons. The number of ketones is 1. The van der Waals surface area contributed by atoms with Crippen LogP contribution in [0.25, 0.3) is 0 Å². The van der Waals surface area contributed by atoms with Gasteiger partial charge in [0.2, 0.25) is 5.78 Å². The Kier molecular flexibility index (Phi) is 3.27. The van der Waals surface area contributed by atoms with E-state index in [1.165, 1.54) is 0 Å². The average Bonchev–Trinajstić information content (AvgIpc) is 2.75. The minimum absolute atomic E-state index is 0.230. The van der Waals surface area contributed by atoms with Gasteiger partial charge >= 0.3 is 12.0 Å². The number of anilines is 1. The van der Waals surface area contributed by atoms with Gasteiger partial charge in [0, 0.05) is 24.1 Å². The van der Waals surface area contributed by atoms with E-state index in [2.05, 4.69) is 5.32 Å². The van der Waals surface area contributed by atoms with E-state index in [0.717, 1.165) is 0 Å². The average molecular weight is 248 g/mol. The first-order valence-corrected chi connectivity index (χ1v) is 5.46. The van der Waals surface area contributed by atoms with Crippen molar-refractivity contribution in [2.24, 2.45) is 5.73 Å². The molecule has 0 aromatic heterocycles. The largest absolute Gasteiger partial charge is 0.454 e. The Morgan fingerprint density at radius 2 is 1.94 bits per heavy atom. The number of carbonyl (C=O) groups is 3. The van der Waals surface area contributed by atoms with Crippen LogP contribution < -0.4 is 11.1 Å². The summed E-state index contributed by atoms with van der Waals surface area (Å²) in [5, 5.41) is 2.39. The standard InChI is InChI=1S/C12H12N2O4/c13-12(17)14-8-3-1-7(2-4-8)11(16)9-5-6-10(15)18-9/h1-4,9H,5-6H2,(H3,13,14,17). The fourth-order valence-electron chi connectivity index (χ4n) is 1.76. The van der Waals surface area contributed by atoms with Crippen molar-refractivity contribution in [1.29, 1.82) is 0 Å². The first-order valence-electron chi connectivity index (χ1n) is 5.46. The number of esters is 1. The molecule has 3 N–H and O–H groups in total. The van der Waals surface area contributed by atoms with Gasteiger partial charge in [-0.05, 0) is 24.3 Å². The van der Waals surface area contributed by atoms with Crippen LogP contribution in [0.5, 0.6) is 0 Å². The van der Waals surface area contributed by atoms with Crippen molar-refractivity contribution in [3.63, 3.8) is 0 Å². The number of Topliss-reactive ketones (excluding diaryl/α,β-unsaturated/α-hetero) is 1. The number of rotatable bonds is 3.